The van der Waals surface area contributed by atoms with Gasteiger partial charge in [-0.15, -0.1) is 0 Å². The Kier molecular flexibility index (Phi) is 2.78. The summed E-state index contributed by atoms with van der Waals surface area (Å²) in [6.45, 7) is 0. The van der Waals surface area contributed by atoms with Gasteiger partial charge in [-0.1, -0.05) is 0 Å². The van der Waals surface area contributed by atoms with Crippen molar-refractivity contribution in [2.24, 2.45) is 5.92 Å². The van der Waals surface area contributed by atoms with Gasteiger partial charge in [-0.25, -0.2) is 8.42 Å². The molecule has 2 atom stereocenters. The first-order valence-corrected chi connectivity index (χ1v) is 7.99. The lowest BCUT2D eigenvalue weighted by molar-refractivity contribution is -0.117. The van der Waals surface area contributed by atoms with Gasteiger partial charge < -0.3 is 9.64 Å². The third-order valence-electron chi connectivity index (χ3n) is 3.82. The van der Waals surface area contributed by atoms with Gasteiger partial charge in [0.2, 0.25) is 5.91 Å². The van der Waals surface area contributed by atoms with E-state index in [0.717, 1.165) is 5.69 Å². The fourth-order valence-electron chi connectivity index (χ4n) is 2.97. The van der Waals surface area contributed by atoms with Crippen LogP contribution in [0.1, 0.15) is 6.42 Å². The molecular formula is C13H15NO4S. The zero-order chi connectivity index (χ0) is 13.6. The summed E-state index contributed by atoms with van der Waals surface area (Å²) < 4.78 is 28.4. The van der Waals surface area contributed by atoms with E-state index in [1.165, 1.54) is 0 Å². The molecule has 19 heavy (non-hydrogen) atoms. The molecule has 1 amide bonds. The van der Waals surface area contributed by atoms with Gasteiger partial charge in [-0.05, 0) is 24.3 Å². The molecule has 1 aromatic carbocycles. The van der Waals surface area contributed by atoms with Gasteiger partial charge >= 0.3 is 0 Å². The topological polar surface area (TPSA) is 63.7 Å². The largest absolute Gasteiger partial charge is 0.497 e. The second kappa shape index (κ2) is 4.23. The number of nitrogens with zero attached hydrogens (tertiary/aromatic N) is 1. The van der Waals surface area contributed by atoms with Gasteiger partial charge in [-0.2, -0.15) is 0 Å². The van der Waals surface area contributed by atoms with Crippen LogP contribution in [0.2, 0.25) is 0 Å². The van der Waals surface area contributed by atoms with E-state index in [4.69, 9.17) is 4.74 Å². The Morgan fingerprint density at radius 3 is 2.53 bits per heavy atom. The van der Waals surface area contributed by atoms with Gasteiger partial charge in [0, 0.05) is 18.0 Å². The standard InChI is InChI=1S/C13H15NO4S/c1-18-11-4-2-10(3-5-11)14-12-8-19(16,17)7-9(12)6-13(14)15/h2-5,9,12H,6-8H2,1H3/t9-,12+/m0/s1. The lowest BCUT2D eigenvalue weighted by atomic mass is 10.0. The van der Waals surface area contributed by atoms with Gasteiger partial charge in [0.05, 0.1) is 24.7 Å². The maximum atomic E-state index is 12.1. The van der Waals surface area contributed by atoms with E-state index in [2.05, 4.69) is 0 Å². The first-order chi connectivity index (χ1) is 9.00. The average molecular weight is 281 g/mol. The molecule has 0 aromatic heterocycles. The number of hydrogen-bond acceptors (Lipinski definition) is 4. The Morgan fingerprint density at radius 1 is 1.21 bits per heavy atom. The number of methoxy groups -OCH3 is 1. The molecule has 3 rings (SSSR count). The maximum absolute atomic E-state index is 12.1. The zero-order valence-corrected chi connectivity index (χ0v) is 11.4. The van der Waals surface area contributed by atoms with E-state index in [0.29, 0.717) is 12.2 Å². The van der Waals surface area contributed by atoms with Crippen LogP contribution < -0.4 is 9.64 Å². The lowest BCUT2D eigenvalue weighted by Gasteiger charge is -2.23. The van der Waals surface area contributed by atoms with Crippen molar-refractivity contribution in [2.45, 2.75) is 12.5 Å². The van der Waals surface area contributed by atoms with Crippen molar-refractivity contribution >= 4 is 21.4 Å². The van der Waals surface area contributed by atoms with Crippen molar-refractivity contribution in [2.75, 3.05) is 23.5 Å². The Bertz CT molecular complexity index is 608. The Labute approximate surface area is 112 Å². The summed E-state index contributed by atoms with van der Waals surface area (Å²) >= 11 is 0. The van der Waals surface area contributed by atoms with Crippen molar-refractivity contribution in [3.63, 3.8) is 0 Å². The van der Waals surface area contributed by atoms with Crippen molar-refractivity contribution in [3.8, 4) is 5.75 Å². The minimum absolute atomic E-state index is 0.00932. The number of anilines is 1. The van der Waals surface area contributed by atoms with Crippen LogP contribution >= 0.6 is 0 Å². The number of carbonyl (C=O) groups excluding carboxylic acids is 1. The lowest BCUT2D eigenvalue weighted by Crippen LogP contribution is -2.36. The number of carbonyl (C=O) groups is 1. The molecule has 2 fully saturated rings. The first kappa shape index (κ1) is 12.5. The molecule has 1 aromatic rings. The van der Waals surface area contributed by atoms with Crippen molar-refractivity contribution < 1.29 is 17.9 Å². The highest BCUT2D eigenvalue weighted by Crippen LogP contribution is 2.37. The number of ether oxygens (including phenoxy) is 1. The Hall–Kier alpha value is -1.56. The molecule has 0 unspecified atom stereocenters. The predicted molar refractivity (Wildman–Crippen MR) is 71.0 cm³/mol. The van der Waals surface area contributed by atoms with Crippen LogP contribution in [0.5, 0.6) is 5.75 Å². The van der Waals surface area contributed by atoms with Crippen LogP contribution in [-0.4, -0.2) is 39.0 Å². The first-order valence-electron chi connectivity index (χ1n) is 6.17. The van der Waals surface area contributed by atoms with Gasteiger partial charge in [-0.3, -0.25) is 4.79 Å². The summed E-state index contributed by atoms with van der Waals surface area (Å²) in [4.78, 5) is 13.7. The highest BCUT2D eigenvalue weighted by molar-refractivity contribution is 7.91. The average Bonchev–Trinajstić information content (AvgIpc) is 2.79. The highest BCUT2D eigenvalue weighted by atomic mass is 32.2. The Morgan fingerprint density at radius 2 is 1.89 bits per heavy atom. The third kappa shape index (κ3) is 2.10. The minimum Gasteiger partial charge on any atom is -0.497 e. The van der Waals surface area contributed by atoms with Gasteiger partial charge in [0.1, 0.15) is 5.75 Å². The van der Waals surface area contributed by atoms with Gasteiger partial charge in [0.15, 0.2) is 9.84 Å². The van der Waals surface area contributed by atoms with Gasteiger partial charge in [0.25, 0.3) is 0 Å². The summed E-state index contributed by atoms with van der Waals surface area (Å²) in [5, 5.41) is 0. The normalized spacial score (nSPS) is 28.5. The molecule has 0 radical (unpaired) electrons. The molecule has 0 spiro atoms. The van der Waals surface area contributed by atoms with Crippen LogP contribution in [0.3, 0.4) is 0 Å². The smallest absolute Gasteiger partial charge is 0.227 e. The number of rotatable bonds is 2. The predicted octanol–water partition coefficient (Wildman–Crippen LogP) is 0.845. The molecular weight excluding hydrogens is 266 g/mol. The fraction of sp³-hybridized carbons (Fsp3) is 0.462. The molecule has 0 saturated carbocycles. The molecule has 0 N–H and O–H groups in total. The number of amides is 1. The molecule has 2 aliphatic rings. The number of sulfone groups is 1. The second-order valence-corrected chi connectivity index (χ2v) is 7.22. The zero-order valence-electron chi connectivity index (χ0n) is 10.6. The van der Waals surface area contributed by atoms with E-state index in [1.807, 2.05) is 0 Å². The van der Waals surface area contributed by atoms with Crippen molar-refractivity contribution in [3.05, 3.63) is 24.3 Å². The van der Waals surface area contributed by atoms with Crippen molar-refractivity contribution in [1.29, 1.82) is 0 Å². The number of fused-ring (bicyclic) bond motifs is 1. The molecule has 2 saturated heterocycles. The van der Waals surface area contributed by atoms with Crippen LogP contribution in [0.15, 0.2) is 24.3 Å². The van der Waals surface area contributed by atoms with E-state index >= 15 is 0 Å². The van der Waals surface area contributed by atoms with E-state index in [-0.39, 0.29) is 29.4 Å². The molecule has 6 heteroatoms. The molecule has 5 nitrogen and oxygen atoms in total. The quantitative estimate of drug-likeness (QED) is 0.806. The highest BCUT2D eigenvalue weighted by Gasteiger charge is 2.49. The molecule has 102 valence electrons. The summed E-state index contributed by atoms with van der Waals surface area (Å²) in [6, 6.07) is 6.94. The molecule has 2 aliphatic heterocycles. The summed E-state index contributed by atoms with van der Waals surface area (Å²) in [5.41, 5.74) is 0.746. The van der Waals surface area contributed by atoms with Crippen LogP contribution in [0, 0.1) is 5.92 Å². The third-order valence-corrected chi connectivity index (χ3v) is 5.61. The fourth-order valence-corrected chi connectivity index (χ4v) is 5.04. The number of hydrogen-bond donors (Lipinski definition) is 0. The summed E-state index contributed by atoms with van der Waals surface area (Å²) in [7, 11) is -1.42. The molecule has 2 heterocycles. The summed E-state index contributed by atoms with van der Waals surface area (Å²) in [6.07, 6.45) is 0.329. The second-order valence-electron chi connectivity index (χ2n) is 5.07. The SMILES string of the molecule is COc1ccc(N2C(=O)C[C@H]3CS(=O)(=O)C[C@H]32)cc1. The van der Waals surface area contributed by atoms with Crippen LogP contribution in [0.25, 0.3) is 0 Å². The van der Waals surface area contributed by atoms with E-state index in [9.17, 15) is 13.2 Å². The van der Waals surface area contributed by atoms with E-state index in [1.54, 1.807) is 36.3 Å². The monoisotopic (exact) mass is 281 g/mol. The Balaban J connectivity index is 1.92. The minimum atomic E-state index is -3.00. The van der Waals surface area contributed by atoms with Crippen LogP contribution in [0.4, 0.5) is 5.69 Å². The molecule has 0 bridgehead atoms. The molecule has 0 aliphatic carbocycles. The van der Waals surface area contributed by atoms with Crippen LogP contribution in [-0.2, 0) is 14.6 Å². The maximum Gasteiger partial charge on any atom is 0.227 e. The number of benzene rings is 1. The summed E-state index contributed by atoms with van der Waals surface area (Å²) in [5.74, 6) is 0.881. The van der Waals surface area contributed by atoms with E-state index < -0.39 is 9.84 Å². The van der Waals surface area contributed by atoms with Crippen molar-refractivity contribution in [1.82, 2.24) is 0 Å².